The Hall–Kier alpha value is -2.86. The third-order valence-electron chi connectivity index (χ3n) is 3.26. The highest BCUT2D eigenvalue weighted by Gasteiger charge is 2.08. The normalized spacial score (nSPS) is 9.54. The molecule has 0 unspecified atom stereocenters. The Bertz CT molecular complexity index is 722. The van der Waals surface area contributed by atoms with Crippen LogP contribution in [0.2, 0.25) is 0 Å². The summed E-state index contributed by atoms with van der Waals surface area (Å²) in [5, 5.41) is 2.65. The molecule has 1 heterocycles. The van der Waals surface area contributed by atoms with Gasteiger partial charge in [-0.3, -0.25) is 9.78 Å². The smallest absolute Gasteiger partial charge is 0.344 e. The van der Waals surface area contributed by atoms with Gasteiger partial charge in [-0.2, -0.15) is 0 Å². The number of pyridine rings is 1. The maximum Gasteiger partial charge on any atom is 0.344 e. The number of allylic oxidation sites excluding steroid dienone is 1. The van der Waals surface area contributed by atoms with Gasteiger partial charge >= 0.3 is 5.97 Å². The van der Waals surface area contributed by atoms with Crippen LogP contribution in [0.25, 0.3) is 0 Å². The Labute approximate surface area is 158 Å². The number of ether oxygens (including phenoxy) is 2. The highest BCUT2D eigenvalue weighted by molar-refractivity contribution is 5.93. The SMILES string of the molecule is C=CCc1ccccc1OCC(=O)OCCNC(=O)c1cccnc1.Cl. The monoisotopic (exact) mass is 376 g/mol. The lowest BCUT2D eigenvalue weighted by atomic mass is 10.1. The predicted octanol–water partition coefficient (Wildman–Crippen LogP) is 2.58. The van der Waals surface area contributed by atoms with E-state index in [9.17, 15) is 9.59 Å². The van der Waals surface area contributed by atoms with Crippen LogP contribution in [0, 0.1) is 0 Å². The van der Waals surface area contributed by atoms with Gasteiger partial charge < -0.3 is 14.8 Å². The van der Waals surface area contributed by atoms with E-state index in [1.165, 1.54) is 6.20 Å². The van der Waals surface area contributed by atoms with Crippen molar-refractivity contribution < 1.29 is 19.1 Å². The molecule has 7 heteroatoms. The minimum Gasteiger partial charge on any atom is -0.482 e. The summed E-state index contributed by atoms with van der Waals surface area (Å²) in [6.07, 6.45) is 5.48. The van der Waals surface area contributed by atoms with Crippen LogP contribution in [0.5, 0.6) is 5.75 Å². The average molecular weight is 377 g/mol. The topological polar surface area (TPSA) is 77.5 Å². The Kier molecular flexibility index (Phi) is 9.49. The fourth-order valence-corrected chi connectivity index (χ4v) is 2.08. The molecule has 26 heavy (non-hydrogen) atoms. The lowest BCUT2D eigenvalue weighted by molar-refractivity contribution is -0.145. The van der Waals surface area contributed by atoms with Crippen molar-refractivity contribution >= 4 is 24.3 Å². The van der Waals surface area contributed by atoms with E-state index in [0.29, 0.717) is 17.7 Å². The fraction of sp³-hybridized carbons (Fsp3) is 0.211. The van der Waals surface area contributed by atoms with Crippen molar-refractivity contribution in [2.24, 2.45) is 0 Å². The molecule has 138 valence electrons. The molecular formula is C19H21ClN2O4. The molecular weight excluding hydrogens is 356 g/mol. The zero-order valence-corrected chi connectivity index (χ0v) is 15.0. The van der Waals surface area contributed by atoms with E-state index in [1.807, 2.05) is 18.2 Å². The molecule has 2 aromatic rings. The molecule has 0 radical (unpaired) electrons. The average Bonchev–Trinajstić information content (AvgIpc) is 2.65. The standard InChI is InChI=1S/C19H20N2O4.ClH/c1-2-6-15-7-3-4-9-17(15)25-14-18(22)24-12-11-21-19(23)16-8-5-10-20-13-16;/h2-5,7-10,13H,1,6,11-12,14H2,(H,21,23);1H. The van der Waals surface area contributed by atoms with Gasteiger partial charge in [-0.05, 0) is 30.2 Å². The third-order valence-corrected chi connectivity index (χ3v) is 3.26. The number of halogens is 1. The molecule has 0 atom stereocenters. The van der Waals surface area contributed by atoms with Crippen molar-refractivity contribution in [3.63, 3.8) is 0 Å². The number of hydrogen-bond acceptors (Lipinski definition) is 5. The van der Waals surface area contributed by atoms with Crippen molar-refractivity contribution in [3.05, 3.63) is 72.6 Å². The van der Waals surface area contributed by atoms with Crippen molar-refractivity contribution in [2.45, 2.75) is 6.42 Å². The summed E-state index contributed by atoms with van der Waals surface area (Å²) in [7, 11) is 0. The second-order valence-corrected chi connectivity index (χ2v) is 5.11. The van der Waals surface area contributed by atoms with E-state index < -0.39 is 5.97 Å². The number of esters is 1. The van der Waals surface area contributed by atoms with E-state index in [1.54, 1.807) is 30.5 Å². The Morgan fingerprint density at radius 1 is 1.19 bits per heavy atom. The van der Waals surface area contributed by atoms with Gasteiger partial charge in [-0.1, -0.05) is 24.3 Å². The van der Waals surface area contributed by atoms with E-state index in [4.69, 9.17) is 9.47 Å². The van der Waals surface area contributed by atoms with Gasteiger partial charge in [0.05, 0.1) is 12.1 Å². The Balaban J connectivity index is 0.00000338. The van der Waals surface area contributed by atoms with Crippen LogP contribution >= 0.6 is 12.4 Å². The number of carbonyl (C=O) groups excluding carboxylic acids is 2. The van der Waals surface area contributed by atoms with Crippen LogP contribution in [0.1, 0.15) is 15.9 Å². The van der Waals surface area contributed by atoms with Crippen LogP contribution < -0.4 is 10.1 Å². The van der Waals surface area contributed by atoms with Gasteiger partial charge in [-0.15, -0.1) is 19.0 Å². The predicted molar refractivity (Wildman–Crippen MR) is 101 cm³/mol. The van der Waals surface area contributed by atoms with Gasteiger partial charge in [0, 0.05) is 12.4 Å². The Morgan fingerprint density at radius 2 is 2.00 bits per heavy atom. The molecule has 0 saturated heterocycles. The number of amides is 1. The summed E-state index contributed by atoms with van der Waals surface area (Å²) >= 11 is 0. The van der Waals surface area contributed by atoms with Crippen molar-refractivity contribution in [3.8, 4) is 5.75 Å². The molecule has 1 N–H and O–H groups in total. The van der Waals surface area contributed by atoms with Gasteiger partial charge in [0.25, 0.3) is 5.91 Å². The first kappa shape index (κ1) is 21.2. The molecule has 1 aromatic carbocycles. The van der Waals surface area contributed by atoms with Crippen LogP contribution in [-0.4, -0.2) is 36.6 Å². The molecule has 0 aliphatic heterocycles. The molecule has 0 aliphatic rings. The quantitative estimate of drug-likeness (QED) is 0.413. The summed E-state index contributed by atoms with van der Waals surface area (Å²) in [5.74, 6) is -0.132. The van der Waals surface area contributed by atoms with E-state index in [0.717, 1.165) is 5.56 Å². The van der Waals surface area contributed by atoms with Crippen LogP contribution in [-0.2, 0) is 16.0 Å². The first-order valence-electron chi connectivity index (χ1n) is 7.86. The first-order valence-corrected chi connectivity index (χ1v) is 7.86. The minimum absolute atomic E-state index is 0. The number of nitrogens with zero attached hydrogens (tertiary/aromatic N) is 1. The highest BCUT2D eigenvalue weighted by Crippen LogP contribution is 2.18. The number of hydrogen-bond donors (Lipinski definition) is 1. The van der Waals surface area contributed by atoms with Crippen molar-refractivity contribution in [2.75, 3.05) is 19.8 Å². The first-order chi connectivity index (χ1) is 12.2. The highest BCUT2D eigenvalue weighted by atomic mass is 35.5. The number of carbonyl (C=O) groups is 2. The second kappa shape index (κ2) is 11.7. The minimum atomic E-state index is -0.496. The number of rotatable bonds is 9. The van der Waals surface area contributed by atoms with Gasteiger partial charge in [0.15, 0.2) is 6.61 Å². The van der Waals surface area contributed by atoms with Crippen LogP contribution in [0.4, 0.5) is 0 Å². The van der Waals surface area contributed by atoms with Gasteiger partial charge in [-0.25, -0.2) is 4.79 Å². The molecule has 0 bridgehead atoms. The molecule has 0 aliphatic carbocycles. The van der Waals surface area contributed by atoms with E-state index in [-0.39, 0.29) is 38.1 Å². The zero-order chi connectivity index (χ0) is 17.9. The third kappa shape index (κ3) is 6.94. The van der Waals surface area contributed by atoms with E-state index in [2.05, 4.69) is 16.9 Å². The van der Waals surface area contributed by atoms with Crippen molar-refractivity contribution in [1.82, 2.24) is 10.3 Å². The van der Waals surface area contributed by atoms with E-state index >= 15 is 0 Å². The second-order valence-electron chi connectivity index (χ2n) is 5.11. The molecule has 0 spiro atoms. The largest absolute Gasteiger partial charge is 0.482 e. The molecule has 1 aromatic heterocycles. The number of benzene rings is 1. The molecule has 0 saturated carbocycles. The summed E-state index contributed by atoms with van der Waals surface area (Å²) in [4.78, 5) is 27.4. The fourth-order valence-electron chi connectivity index (χ4n) is 2.08. The lowest BCUT2D eigenvalue weighted by Crippen LogP contribution is -2.29. The maximum atomic E-state index is 11.8. The molecule has 2 rings (SSSR count). The van der Waals surface area contributed by atoms with Crippen LogP contribution in [0.15, 0.2) is 61.4 Å². The summed E-state index contributed by atoms with van der Waals surface area (Å²) in [6, 6.07) is 10.8. The molecule has 0 fully saturated rings. The van der Waals surface area contributed by atoms with Gasteiger partial charge in [0.1, 0.15) is 12.4 Å². The summed E-state index contributed by atoms with van der Waals surface area (Å²) < 4.78 is 10.5. The molecule has 1 amide bonds. The number of para-hydroxylation sites is 1. The summed E-state index contributed by atoms with van der Waals surface area (Å²) in [6.45, 7) is 3.79. The lowest BCUT2D eigenvalue weighted by Gasteiger charge is -2.10. The Morgan fingerprint density at radius 3 is 2.73 bits per heavy atom. The van der Waals surface area contributed by atoms with Crippen LogP contribution in [0.3, 0.4) is 0 Å². The maximum absolute atomic E-state index is 11.8. The van der Waals surface area contributed by atoms with Gasteiger partial charge in [0.2, 0.25) is 0 Å². The zero-order valence-electron chi connectivity index (χ0n) is 14.2. The number of nitrogens with one attached hydrogen (secondary N) is 1. The summed E-state index contributed by atoms with van der Waals surface area (Å²) in [5.41, 5.74) is 1.41. The van der Waals surface area contributed by atoms with Crippen molar-refractivity contribution in [1.29, 1.82) is 0 Å². The number of aromatic nitrogens is 1. The molecule has 6 nitrogen and oxygen atoms in total.